The average molecular weight is 263 g/mol. The van der Waals surface area contributed by atoms with E-state index in [2.05, 4.69) is 35.1 Å². The number of hydrogen-bond donors (Lipinski definition) is 1. The molecule has 1 aliphatic rings. The Morgan fingerprint density at radius 3 is 2.94 bits per heavy atom. The fourth-order valence-corrected chi connectivity index (χ4v) is 3.36. The van der Waals surface area contributed by atoms with Crippen molar-refractivity contribution in [3.63, 3.8) is 0 Å². The summed E-state index contributed by atoms with van der Waals surface area (Å²) in [5.41, 5.74) is 3.09. The van der Waals surface area contributed by atoms with Crippen molar-refractivity contribution < 1.29 is 0 Å². The molecule has 0 fully saturated rings. The summed E-state index contributed by atoms with van der Waals surface area (Å²) in [6, 6.07) is 2.74. The molecule has 1 aliphatic carbocycles. The molecular weight excluding hydrogens is 238 g/mol. The van der Waals surface area contributed by atoms with Gasteiger partial charge in [0.15, 0.2) is 0 Å². The lowest BCUT2D eigenvalue weighted by Gasteiger charge is -2.23. The van der Waals surface area contributed by atoms with Crippen LogP contribution in [0.3, 0.4) is 0 Å². The quantitative estimate of drug-likeness (QED) is 0.731. The van der Waals surface area contributed by atoms with Crippen molar-refractivity contribution in [1.29, 1.82) is 0 Å². The van der Waals surface area contributed by atoms with Gasteiger partial charge in [0.1, 0.15) is 0 Å². The van der Waals surface area contributed by atoms with Crippen LogP contribution in [0.5, 0.6) is 0 Å². The van der Waals surface area contributed by atoms with E-state index in [0.29, 0.717) is 6.04 Å². The van der Waals surface area contributed by atoms with Crippen LogP contribution in [0, 0.1) is 0 Å². The van der Waals surface area contributed by atoms with Crippen molar-refractivity contribution in [3.8, 4) is 0 Å². The van der Waals surface area contributed by atoms with E-state index in [1.807, 2.05) is 11.3 Å². The molecule has 1 unspecified atom stereocenters. The molecular formula is C16H25NS. The zero-order valence-electron chi connectivity index (χ0n) is 11.5. The van der Waals surface area contributed by atoms with Gasteiger partial charge < -0.3 is 5.32 Å². The fraction of sp³-hybridized carbons (Fsp3) is 0.625. The molecule has 0 amide bonds. The normalized spacial score (nSPS) is 21.7. The molecule has 2 rings (SSSR count). The van der Waals surface area contributed by atoms with E-state index >= 15 is 0 Å². The minimum absolute atomic E-state index is 0.467. The highest BCUT2D eigenvalue weighted by Crippen LogP contribution is 2.29. The molecule has 100 valence electrons. The van der Waals surface area contributed by atoms with Crippen molar-refractivity contribution in [2.24, 2.45) is 0 Å². The van der Waals surface area contributed by atoms with Crippen molar-refractivity contribution in [3.05, 3.63) is 34.0 Å². The Morgan fingerprint density at radius 2 is 2.17 bits per heavy atom. The number of nitrogens with one attached hydrogen (secondary N) is 1. The van der Waals surface area contributed by atoms with Crippen LogP contribution in [0.1, 0.15) is 63.5 Å². The van der Waals surface area contributed by atoms with Crippen molar-refractivity contribution >= 4 is 11.3 Å². The van der Waals surface area contributed by atoms with E-state index in [-0.39, 0.29) is 0 Å². The van der Waals surface area contributed by atoms with E-state index in [0.717, 1.165) is 6.54 Å². The van der Waals surface area contributed by atoms with E-state index < -0.39 is 0 Å². The van der Waals surface area contributed by atoms with E-state index in [1.165, 1.54) is 50.5 Å². The summed E-state index contributed by atoms with van der Waals surface area (Å²) in [5, 5.41) is 8.22. The smallest absolute Gasteiger partial charge is 0.0544 e. The second-order valence-electron chi connectivity index (χ2n) is 5.18. The lowest BCUT2D eigenvalue weighted by molar-refractivity contribution is 0.541. The molecule has 1 atom stereocenters. The third-order valence-electron chi connectivity index (χ3n) is 3.67. The summed E-state index contributed by atoms with van der Waals surface area (Å²) in [4.78, 5) is 0. The fourth-order valence-electron chi connectivity index (χ4n) is 2.67. The summed E-state index contributed by atoms with van der Waals surface area (Å²) < 4.78 is 0. The third kappa shape index (κ3) is 3.96. The number of rotatable bonds is 5. The van der Waals surface area contributed by atoms with Gasteiger partial charge in [-0.3, -0.25) is 0 Å². The number of thiophene rings is 1. The number of hydrogen-bond acceptors (Lipinski definition) is 2. The first-order chi connectivity index (χ1) is 8.92. The van der Waals surface area contributed by atoms with Crippen LogP contribution in [0.15, 0.2) is 28.5 Å². The highest BCUT2D eigenvalue weighted by atomic mass is 32.1. The van der Waals surface area contributed by atoms with Crippen LogP contribution in [0.2, 0.25) is 0 Å². The first-order valence-corrected chi connectivity index (χ1v) is 8.30. The van der Waals surface area contributed by atoms with Crippen LogP contribution in [0.4, 0.5) is 0 Å². The Bertz CT molecular complexity index is 353. The number of allylic oxidation sites excluding steroid dienone is 1. The Kier molecular flexibility index (Phi) is 5.95. The Hall–Kier alpha value is -0.600. The molecule has 1 aromatic rings. The SMILES string of the molecule is CCCNC(/C1=C/CCCCCC1)c1ccsc1. The molecule has 1 N–H and O–H groups in total. The lowest BCUT2D eigenvalue weighted by atomic mass is 9.92. The summed E-state index contributed by atoms with van der Waals surface area (Å²) in [6.45, 7) is 3.35. The minimum Gasteiger partial charge on any atom is -0.307 e. The molecule has 1 heterocycles. The maximum absolute atomic E-state index is 3.73. The molecule has 0 saturated heterocycles. The molecule has 1 aromatic heterocycles. The maximum Gasteiger partial charge on any atom is 0.0544 e. The third-order valence-corrected chi connectivity index (χ3v) is 4.37. The molecule has 0 bridgehead atoms. The van der Waals surface area contributed by atoms with Gasteiger partial charge in [-0.1, -0.05) is 31.4 Å². The zero-order chi connectivity index (χ0) is 12.6. The topological polar surface area (TPSA) is 12.0 Å². The predicted molar refractivity (Wildman–Crippen MR) is 81.1 cm³/mol. The first-order valence-electron chi connectivity index (χ1n) is 7.36. The van der Waals surface area contributed by atoms with Crippen LogP contribution in [0.25, 0.3) is 0 Å². The molecule has 18 heavy (non-hydrogen) atoms. The molecule has 0 spiro atoms. The molecule has 0 saturated carbocycles. The van der Waals surface area contributed by atoms with Crippen molar-refractivity contribution in [1.82, 2.24) is 5.32 Å². The Labute approximate surface area is 115 Å². The van der Waals surface area contributed by atoms with Crippen molar-refractivity contribution in [2.75, 3.05) is 6.54 Å². The zero-order valence-corrected chi connectivity index (χ0v) is 12.3. The van der Waals surface area contributed by atoms with Gasteiger partial charge in [-0.25, -0.2) is 0 Å². The van der Waals surface area contributed by atoms with Gasteiger partial charge in [-0.2, -0.15) is 11.3 Å². The van der Waals surface area contributed by atoms with Crippen LogP contribution < -0.4 is 5.32 Å². The predicted octanol–water partition coefficient (Wildman–Crippen LogP) is 5.07. The average Bonchev–Trinajstić information content (AvgIpc) is 2.85. The monoisotopic (exact) mass is 263 g/mol. The standard InChI is InChI=1S/C16H25NS/c1-2-11-17-16(15-10-12-18-13-15)14-8-6-4-3-5-7-9-14/h8,10,12-13,16-17H,2-7,9,11H2,1H3/b14-8+. The van der Waals surface area contributed by atoms with Gasteiger partial charge in [-0.05, 0) is 61.0 Å². The van der Waals surface area contributed by atoms with E-state index in [4.69, 9.17) is 0 Å². The van der Waals surface area contributed by atoms with Crippen LogP contribution >= 0.6 is 11.3 Å². The summed E-state index contributed by atoms with van der Waals surface area (Å²) >= 11 is 1.81. The van der Waals surface area contributed by atoms with E-state index in [9.17, 15) is 0 Å². The lowest BCUT2D eigenvalue weighted by Crippen LogP contribution is -2.24. The Balaban J connectivity index is 2.11. The highest BCUT2D eigenvalue weighted by molar-refractivity contribution is 7.08. The summed E-state index contributed by atoms with van der Waals surface area (Å²) in [5.74, 6) is 0. The van der Waals surface area contributed by atoms with Gasteiger partial charge in [-0.15, -0.1) is 0 Å². The maximum atomic E-state index is 3.73. The molecule has 0 radical (unpaired) electrons. The molecule has 1 nitrogen and oxygen atoms in total. The van der Waals surface area contributed by atoms with Crippen molar-refractivity contribution in [2.45, 2.75) is 57.9 Å². The van der Waals surface area contributed by atoms with Gasteiger partial charge in [0.25, 0.3) is 0 Å². The highest BCUT2D eigenvalue weighted by Gasteiger charge is 2.16. The van der Waals surface area contributed by atoms with Gasteiger partial charge in [0.05, 0.1) is 6.04 Å². The summed E-state index contributed by atoms with van der Waals surface area (Å²) in [6.07, 6.45) is 11.8. The molecule has 0 aliphatic heterocycles. The van der Waals surface area contributed by atoms with Crippen LogP contribution in [-0.2, 0) is 0 Å². The second kappa shape index (κ2) is 7.75. The molecule has 0 aromatic carbocycles. The summed E-state index contributed by atoms with van der Waals surface area (Å²) in [7, 11) is 0. The molecule has 2 heteroatoms. The van der Waals surface area contributed by atoms with Crippen LogP contribution in [-0.4, -0.2) is 6.54 Å². The largest absolute Gasteiger partial charge is 0.307 e. The second-order valence-corrected chi connectivity index (χ2v) is 5.96. The van der Waals surface area contributed by atoms with Gasteiger partial charge in [0.2, 0.25) is 0 Å². The van der Waals surface area contributed by atoms with Gasteiger partial charge in [0, 0.05) is 0 Å². The minimum atomic E-state index is 0.467. The Morgan fingerprint density at radius 1 is 1.28 bits per heavy atom. The van der Waals surface area contributed by atoms with E-state index in [1.54, 1.807) is 5.57 Å². The first kappa shape index (κ1) is 13.8. The van der Waals surface area contributed by atoms with Gasteiger partial charge >= 0.3 is 0 Å².